The largest absolute Gasteiger partial charge is 0.672 e. The molecule has 4 saturated carbocycles. The molecule has 5 aliphatic rings. The molecule has 6 unspecified atom stereocenters. The van der Waals surface area contributed by atoms with Gasteiger partial charge in [0.1, 0.15) is 11.5 Å². The van der Waals surface area contributed by atoms with Crippen molar-refractivity contribution in [1.82, 2.24) is 0 Å². The van der Waals surface area contributed by atoms with Crippen LogP contribution < -0.4 is 4.74 Å². The zero-order valence-corrected chi connectivity index (χ0v) is 25.0. The van der Waals surface area contributed by atoms with E-state index >= 15 is 0 Å². The Kier molecular flexibility index (Phi) is 4.98. The molecule has 0 radical (unpaired) electrons. The Hall–Kier alpha value is -1.31. The van der Waals surface area contributed by atoms with Gasteiger partial charge in [-0.3, -0.25) is 0 Å². The number of fused-ring (bicyclic) bond motifs is 10. The van der Waals surface area contributed by atoms with E-state index in [-0.39, 0.29) is 21.7 Å². The van der Waals surface area contributed by atoms with Crippen LogP contribution in [0.1, 0.15) is 91.2 Å². The molecule has 2 spiro atoms. The summed E-state index contributed by atoms with van der Waals surface area (Å²) in [5.74, 6) is 5.52. The fourth-order valence-corrected chi connectivity index (χ4v) is 13.4. The van der Waals surface area contributed by atoms with Gasteiger partial charge in [-0.15, -0.1) is 0 Å². The van der Waals surface area contributed by atoms with Crippen molar-refractivity contribution < 1.29 is 12.3 Å². The topological polar surface area (TPSA) is 27.7 Å². The van der Waals surface area contributed by atoms with Crippen LogP contribution in [0.3, 0.4) is 0 Å². The second kappa shape index (κ2) is 7.45. The van der Waals surface area contributed by atoms with Crippen molar-refractivity contribution in [1.29, 1.82) is 0 Å². The zero-order valence-electron chi connectivity index (χ0n) is 23.8. The minimum absolute atomic E-state index is 0.00986. The van der Waals surface area contributed by atoms with E-state index in [0.29, 0.717) is 11.8 Å². The monoisotopic (exact) mass is 514 g/mol. The summed E-state index contributed by atoms with van der Waals surface area (Å²) in [6.45, 7) is 14.8. The number of hydrogen-bond donors (Lipinski definition) is 0. The lowest BCUT2D eigenvalue weighted by Crippen LogP contribution is -2.60. The van der Waals surface area contributed by atoms with Crippen LogP contribution in [-0.2, 0) is 18.8 Å². The number of hydrogen-bond acceptors (Lipinski definition) is 3. The molecule has 2 aromatic rings. The van der Waals surface area contributed by atoms with E-state index in [2.05, 4.69) is 95.9 Å². The predicted molar refractivity (Wildman–Crippen MR) is 149 cm³/mol. The smallest absolute Gasteiger partial charge is 0.469 e. The molecule has 6 atom stereocenters. The van der Waals surface area contributed by atoms with Gasteiger partial charge in [0.05, 0.1) is 11.2 Å². The van der Waals surface area contributed by atoms with E-state index < -0.39 is 26.0 Å². The van der Waals surface area contributed by atoms with Gasteiger partial charge < -0.3 is 12.3 Å². The van der Waals surface area contributed by atoms with Crippen molar-refractivity contribution >= 4 is 14.8 Å². The summed E-state index contributed by atoms with van der Waals surface area (Å²) in [6, 6.07) is 17.5. The molecule has 4 heteroatoms. The minimum atomic E-state index is -2.15. The van der Waals surface area contributed by atoms with Gasteiger partial charge in [0.15, 0.2) is 0 Å². The van der Waals surface area contributed by atoms with Gasteiger partial charge in [-0.2, -0.15) is 0 Å². The molecule has 7 rings (SSSR count). The molecule has 0 saturated heterocycles. The highest BCUT2D eigenvalue weighted by Gasteiger charge is 2.74. The summed E-state index contributed by atoms with van der Waals surface area (Å²) in [5, 5.41) is 0. The molecule has 1 heterocycles. The molecule has 3 nitrogen and oxygen atoms in total. The lowest BCUT2D eigenvalue weighted by molar-refractivity contribution is -0.182. The summed E-state index contributed by atoms with van der Waals surface area (Å²) in [7, 11) is 0. The second-order valence-corrected chi connectivity index (χ2v) is 16.3. The lowest BCUT2D eigenvalue weighted by atomic mass is 9.57. The number of para-hydroxylation sites is 2. The van der Waals surface area contributed by atoms with Crippen LogP contribution in [0.25, 0.3) is 0 Å². The number of benzene rings is 2. The molecule has 196 valence electrons. The molecule has 37 heavy (non-hydrogen) atoms. The summed E-state index contributed by atoms with van der Waals surface area (Å²) in [6.07, 6.45) is 7.39. The molecule has 4 fully saturated rings. The fraction of sp³-hybridized carbons (Fsp3) is 0.636. The highest BCUT2D eigenvalue weighted by Crippen LogP contribution is 2.77. The van der Waals surface area contributed by atoms with E-state index in [4.69, 9.17) is 12.3 Å². The Morgan fingerprint density at radius 3 is 1.43 bits per heavy atom. The van der Waals surface area contributed by atoms with Crippen molar-refractivity contribution in [3.63, 3.8) is 0 Å². The molecule has 1 aliphatic heterocycles. The fourth-order valence-electron chi connectivity index (χ4n) is 10.9. The Morgan fingerprint density at radius 2 is 1.05 bits per heavy atom. The van der Waals surface area contributed by atoms with Crippen molar-refractivity contribution in [2.45, 2.75) is 97.1 Å². The van der Waals surface area contributed by atoms with Gasteiger partial charge in [0.2, 0.25) is 0 Å². The maximum absolute atomic E-state index is 7.64. The maximum atomic E-state index is 7.64. The number of rotatable bonds is 0. The van der Waals surface area contributed by atoms with Gasteiger partial charge in [0.25, 0.3) is 0 Å². The third-order valence-electron chi connectivity index (χ3n) is 12.5. The molecule has 4 aliphatic carbocycles. The first kappa shape index (κ1) is 24.7. The molecule has 4 bridgehead atoms. The minimum Gasteiger partial charge on any atom is -0.469 e. The summed E-state index contributed by atoms with van der Waals surface area (Å²) in [5.41, 5.74) is 1.68. The molecule has 0 N–H and O–H groups in total. The average molecular weight is 515 g/mol. The summed E-state index contributed by atoms with van der Waals surface area (Å²) < 4.78 is 22.4. The Balaban J connectivity index is 1.52. The van der Waals surface area contributed by atoms with Crippen LogP contribution >= 0.6 is 0 Å². The van der Waals surface area contributed by atoms with Gasteiger partial charge >= 0.3 is 14.8 Å². The molecule has 2 aromatic carbocycles. The average Bonchev–Trinajstić information content (AvgIpc) is 3.53. The van der Waals surface area contributed by atoms with Gasteiger partial charge in [0, 0.05) is 11.1 Å². The highest BCUT2D eigenvalue weighted by molar-refractivity contribution is 6.43. The quantitative estimate of drug-likeness (QED) is 0.329. The summed E-state index contributed by atoms with van der Waals surface area (Å²) in [4.78, 5) is 0. The van der Waals surface area contributed by atoms with Crippen LogP contribution in [0.15, 0.2) is 48.5 Å². The first-order valence-corrected chi connectivity index (χ1v) is 16.7. The third-order valence-corrected chi connectivity index (χ3v) is 13.8. The van der Waals surface area contributed by atoms with E-state index in [1.165, 1.54) is 49.7 Å². The van der Waals surface area contributed by atoms with Crippen LogP contribution in [0.2, 0.25) is 5.79 Å². The zero-order chi connectivity index (χ0) is 26.1. The van der Waals surface area contributed by atoms with Crippen LogP contribution in [-0.4, -0.2) is 14.8 Å². The normalized spacial score (nSPS) is 42.6. The Labute approximate surface area is 228 Å². The van der Waals surface area contributed by atoms with Crippen LogP contribution in [0.4, 0.5) is 0 Å². The number of ether oxygens (including phenoxy) is 1. The van der Waals surface area contributed by atoms with Crippen molar-refractivity contribution in [3.05, 3.63) is 59.7 Å². The van der Waals surface area contributed by atoms with Crippen LogP contribution in [0, 0.1) is 33.5 Å². The molecule has 0 aromatic heterocycles. The molecule has 0 amide bonds. The van der Waals surface area contributed by atoms with Gasteiger partial charge in [-0.25, -0.2) is 0 Å². The molecular formula is C33H43AlO3. The maximum Gasteiger partial charge on any atom is 0.672 e. The van der Waals surface area contributed by atoms with E-state index in [1.807, 2.05) is 0 Å². The lowest BCUT2D eigenvalue weighted by Gasteiger charge is -2.59. The van der Waals surface area contributed by atoms with Gasteiger partial charge in [-0.05, 0) is 84.2 Å². The Morgan fingerprint density at radius 1 is 0.649 bits per heavy atom. The van der Waals surface area contributed by atoms with E-state index in [0.717, 1.165) is 11.5 Å². The van der Waals surface area contributed by atoms with Crippen molar-refractivity contribution in [2.24, 2.45) is 33.5 Å². The van der Waals surface area contributed by atoms with Crippen molar-refractivity contribution in [3.8, 4) is 11.5 Å². The second-order valence-electron chi connectivity index (χ2n) is 14.7. The van der Waals surface area contributed by atoms with E-state index in [9.17, 15) is 0 Å². The predicted octanol–water partition coefficient (Wildman–Crippen LogP) is 8.73. The molecular weight excluding hydrogens is 471 g/mol. The Bertz CT molecular complexity index is 1160. The standard InChI is InChI=1S/C32H40O3.CH3.Al/c1-27(2)21-15-17-29(5,19-21)31(27,33)23-11-7-9-13-25(23)35-26-14-10-8-12-24(26)32(34)28(3,4)22-16-18-30(32,6)20-22;;/h7-14,21-22H,15-20H2,1-6H3;1H3;/q-2;;+2. The van der Waals surface area contributed by atoms with Gasteiger partial charge in [-0.1, -0.05) is 83.7 Å². The third kappa shape index (κ3) is 2.72. The summed E-state index contributed by atoms with van der Waals surface area (Å²) >= 11 is -2.15. The highest BCUT2D eigenvalue weighted by atomic mass is 27.2. The van der Waals surface area contributed by atoms with Crippen LogP contribution in [0.5, 0.6) is 11.5 Å². The first-order valence-electron chi connectivity index (χ1n) is 14.6. The SMILES string of the molecule is [CH3][Al]1[O]C2(c3ccccc3Oc3ccccc3C3([O]1)C1(C)CCC(C1)C3(C)C)C1(C)CCC(C1)C2(C)C. The first-order chi connectivity index (χ1) is 17.4. The van der Waals surface area contributed by atoms with E-state index in [1.54, 1.807) is 0 Å². The van der Waals surface area contributed by atoms with Crippen molar-refractivity contribution in [2.75, 3.05) is 0 Å².